The van der Waals surface area contributed by atoms with E-state index >= 15 is 0 Å². The Hall–Kier alpha value is -4.27. The number of nitrogens with zero attached hydrogens (tertiary/aromatic N) is 3. The maximum absolute atomic E-state index is 11.2. The van der Waals surface area contributed by atoms with Crippen molar-refractivity contribution in [1.82, 2.24) is 0 Å². The highest BCUT2D eigenvalue weighted by molar-refractivity contribution is 5.99. The lowest BCUT2D eigenvalue weighted by Crippen LogP contribution is -2.02. The van der Waals surface area contributed by atoms with Crippen molar-refractivity contribution in [3.8, 4) is 11.5 Å². The molecule has 0 saturated carbocycles. The molecule has 0 heterocycles. The maximum Gasteiger partial charge on any atom is 0.301 e. The maximum atomic E-state index is 11.2. The first-order valence-electron chi connectivity index (χ1n) is 8.50. The number of hydrogen-bond donors (Lipinski definition) is 1. The van der Waals surface area contributed by atoms with Crippen LogP contribution in [0.2, 0.25) is 0 Å². The van der Waals surface area contributed by atoms with Crippen LogP contribution in [-0.4, -0.2) is 15.6 Å². The Balaban J connectivity index is 1.74. The van der Waals surface area contributed by atoms with E-state index in [1.54, 1.807) is 19.1 Å². The number of rotatable bonds is 7. The van der Waals surface area contributed by atoms with Gasteiger partial charge in [-0.1, -0.05) is 18.2 Å². The molecule has 0 aliphatic carbocycles. The van der Waals surface area contributed by atoms with Gasteiger partial charge in [-0.2, -0.15) is 5.10 Å². The molecule has 3 rings (SSSR count). The van der Waals surface area contributed by atoms with E-state index in [9.17, 15) is 20.2 Å². The number of nitro groups is 2. The number of ether oxygens (including phenoxy) is 1. The first kappa shape index (κ1) is 19.5. The summed E-state index contributed by atoms with van der Waals surface area (Å²) in [6.07, 6.45) is 0. The fourth-order valence-electron chi connectivity index (χ4n) is 2.48. The zero-order valence-electron chi connectivity index (χ0n) is 15.3. The van der Waals surface area contributed by atoms with Gasteiger partial charge in [0.05, 0.1) is 21.6 Å². The zero-order valence-corrected chi connectivity index (χ0v) is 15.3. The van der Waals surface area contributed by atoms with Gasteiger partial charge in [-0.05, 0) is 55.0 Å². The number of hydrazone groups is 1. The smallest absolute Gasteiger partial charge is 0.301 e. The number of hydrogen-bond acceptors (Lipinski definition) is 7. The van der Waals surface area contributed by atoms with Gasteiger partial charge < -0.3 is 4.74 Å². The molecule has 0 radical (unpaired) electrons. The van der Waals surface area contributed by atoms with E-state index in [1.807, 2.05) is 42.5 Å². The number of nitrogens with one attached hydrogen (secondary N) is 1. The van der Waals surface area contributed by atoms with Crippen molar-refractivity contribution in [3.05, 3.63) is 98.6 Å². The highest BCUT2D eigenvalue weighted by atomic mass is 16.6. The van der Waals surface area contributed by atoms with Crippen molar-refractivity contribution in [2.24, 2.45) is 5.10 Å². The molecule has 0 aliphatic rings. The molecule has 1 N–H and O–H groups in total. The van der Waals surface area contributed by atoms with Crippen molar-refractivity contribution in [1.29, 1.82) is 0 Å². The summed E-state index contributed by atoms with van der Waals surface area (Å²) in [6.45, 7) is 1.73. The molecule has 9 nitrogen and oxygen atoms in total. The van der Waals surface area contributed by atoms with E-state index in [-0.39, 0.29) is 11.4 Å². The van der Waals surface area contributed by atoms with Gasteiger partial charge in [-0.3, -0.25) is 25.7 Å². The van der Waals surface area contributed by atoms with Crippen molar-refractivity contribution in [2.75, 3.05) is 5.43 Å². The number of non-ortho nitro benzene ring substituents is 1. The number of benzene rings is 3. The molecule has 0 aromatic heterocycles. The third-order valence-electron chi connectivity index (χ3n) is 3.98. The van der Waals surface area contributed by atoms with E-state index < -0.39 is 15.5 Å². The Bertz CT molecular complexity index is 1070. The van der Waals surface area contributed by atoms with Crippen molar-refractivity contribution in [2.45, 2.75) is 6.92 Å². The normalized spacial score (nSPS) is 11.0. The molecule has 9 heteroatoms. The third-order valence-corrected chi connectivity index (χ3v) is 3.98. The van der Waals surface area contributed by atoms with Crippen LogP contribution in [0.15, 0.2) is 77.9 Å². The van der Waals surface area contributed by atoms with Gasteiger partial charge in [-0.15, -0.1) is 0 Å². The number of nitro benzene ring substituents is 2. The second-order valence-electron chi connectivity index (χ2n) is 5.96. The highest BCUT2D eigenvalue weighted by Gasteiger charge is 2.19. The molecule has 0 fully saturated rings. The third kappa shape index (κ3) is 4.92. The minimum atomic E-state index is -0.699. The Morgan fingerprint density at radius 2 is 1.55 bits per heavy atom. The SMILES string of the molecule is C/C(=N\Nc1ccc([N+](=O)[O-])cc1[N+](=O)[O-])c1ccc(Oc2ccccc2)cc1. The van der Waals surface area contributed by atoms with Gasteiger partial charge in [0.15, 0.2) is 0 Å². The molecular formula is C20H16N4O5. The van der Waals surface area contributed by atoms with Crippen LogP contribution in [0.1, 0.15) is 12.5 Å². The predicted octanol–water partition coefficient (Wildman–Crippen LogP) is 5.13. The Kier molecular flexibility index (Phi) is 5.79. The van der Waals surface area contributed by atoms with Gasteiger partial charge in [-0.25, -0.2) is 0 Å². The van der Waals surface area contributed by atoms with E-state index in [4.69, 9.17) is 4.74 Å². The van der Waals surface area contributed by atoms with Gasteiger partial charge in [0.2, 0.25) is 0 Å². The summed E-state index contributed by atoms with van der Waals surface area (Å²) in [4.78, 5) is 20.6. The monoisotopic (exact) mass is 392 g/mol. The summed E-state index contributed by atoms with van der Waals surface area (Å²) in [6, 6.07) is 19.9. The standard InChI is InChI=1S/C20H16N4O5/c1-14(15-7-10-18(11-8-15)29-17-5-3-2-4-6-17)21-22-19-12-9-16(23(25)26)13-20(19)24(27)28/h2-13,22H,1H3/b21-14+. The number of para-hydroxylation sites is 1. The summed E-state index contributed by atoms with van der Waals surface area (Å²) in [7, 11) is 0. The first-order chi connectivity index (χ1) is 13.9. The molecule has 0 saturated heterocycles. The van der Waals surface area contributed by atoms with Crippen LogP contribution in [0.4, 0.5) is 17.1 Å². The zero-order chi connectivity index (χ0) is 20.8. The summed E-state index contributed by atoms with van der Waals surface area (Å²) in [5.74, 6) is 1.38. The molecule has 0 atom stereocenters. The first-order valence-corrected chi connectivity index (χ1v) is 8.50. The summed E-state index contributed by atoms with van der Waals surface area (Å²) in [5, 5.41) is 26.1. The Morgan fingerprint density at radius 1 is 0.897 bits per heavy atom. The van der Waals surface area contributed by atoms with Gasteiger partial charge in [0.25, 0.3) is 5.69 Å². The van der Waals surface area contributed by atoms with E-state index in [2.05, 4.69) is 10.5 Å². The van der Waals surface area contributed by atoms with Crippen molar-refractivity contribution < 1.29 is 14.6 Å². The Labute approximate surface area is 165 Å². The predicted molar refractivity (Wildman–Crippen MR) is 109 cm³/mol. The molecule has 0 amide bonds. The summed E-state index contributed by atoms with van der Waals surface area (Å²) < 4.78 is 5.73. The minimum absolute atomic E-state index is 0.0592. The van der Waals surface area contributed by atoms with Crippen LogP contribution in [0, 0.1) is 20.2 Å². The molecular weight excluding hydrogens is 376 g/mol. The van der Waals surface area contributed by atoms with Gasteiger partial charge in [0.1, 0.15) is 17.2 Å². The van der Waals surface area contributed by atoms with Crippen molar-refractivity contribution in [3.63, 3.8) is 0 Å². The lowest BCUT2D eigenvalue weighted by Gasteiger charge is -2.07. The fourth-order valence-corrected chi connectivity index (χ4v) is 2.48. The van der Waals surface area contributed by atoms with Crippen LogP contribution < -0.4 is 10.2 Å². The van der Waals surface area contributed by atoms with E-state index in [0.29, 0.717) is 11.5 Å². The second kappa shape index (κ2) is 8.61. The van der Waals surface area contributed by atoms with E-state index in [1.165, 1.54) is 12.1 Å². The molecule has 0 unspecified atom stereocenters. The molecule has 3 aromatic rings. The van der Waals surface area contributed by atoms with Crippen LogP contribution in [-0.2, 0) is 0 Å². The average Bonchev–Trinajstić information content (AvgIpc) is 2.73. The second-order valence-corrected chi connectivity index (χ2v) is 5.96. The van der Waals surface area contributed by atoms with Gasteiger partial charge >= 0.3 is 5.69 Å². The van der Waals surface area contributed by atoms with Crippen LogP contribution in [0.3, 0.4) is 0 Å². The van der Waals surface area contributed by atoms with E-state index in [0.717, 1.165) is 17.4 Å². The fraction of sp³-hybridized carbons (Fsp3) is 0.0500. The highest BCUT2D eigenvalue weighted by Crippen LogP contribution is 2.29. The van der Waals surface area contributed by atoms with Crippen LogP contribution >= 0.6 is 0 Å². The molecule has 0 bridgehead atoms. The molecule has 29 heavy (non-hydrogen) atoms. The quantitative estimate of drug-likeness (QED) is 0.338. The van der Waals surface area contributed by atoms with Crippen molar-refractivity contribution >= 4 is 22.8 Å². The molecule has 3 aromatic carbocycles. The summed E-state index contributed by atoms with van der Waals surface area (Å²) in [5.41, 5.74) is 3.23. The lowest BCUT2D eigenvalue weighted by molar-refractivity contribution is -0.393. The van der Waals surface area contributed by atoms with Crippen LogP contribution in [0.5, 0.6) is 11.5 Å². The summed E-state index contributed by atoms with van der Waals surface area (Å²) >= 11 is 0. The van der Waals surface area contributed by atoms with Crippen LogP contribution in [0.25, 0.3) is 0 Å². The number of anilines is 1. The molecule has 0 spiro atoms. The van der Waals surface area contributed by atoms with Gasteiger partial charge in [0, 0.05) is 6.07 Å². The Morgan fingerprint density at radius 3 is 2.17 bits per heavy atom. The minimum Gasteiger partial charge on any atom is -0.457 e. The average molecular weight is 392 g/mol. The lowest BCUT2D eigenvalue weighted by atomic mass is 10.1. The molecule has 0 aliphatic heterocycles. The topological polar surface area (TPSA) is 120 Å². The molecule has 146 valence electrons. The largest absolute Gasteiger partial charge is 0.457 e.